The molecule has 4 rings (SSSR count). The Kier molecular flexibility index (Phi) is 4.28. The summed E-state index contributed by atoms with van der Waals surface area (Å²) in [5, 5.41) is 1.91. The third-order valence-electron chi connectivity index (χ3n) is 4.42. The Morgan fingerprint density at radius 2 is 1.88 bits per heavy atom. The summed E-state index contributed by atoms with van der Waals surface area (Å²) in [7, 11) is 0. The molecule has 1 aromatic carbocycles. The van der Waals surface area contributed by atoms with Gasteiger partial charge in [-0.1, -0.05) is 6.07 Å². The van der Waals surface area contributed by atoms with E-state index in [-0.39, 0.29) is 11.7 Å². The lowest BCUT2D eigenvalue weighted by Crippen LogP contribution is -2.32. The van der Waals surface area contributed by atoms with Gasteiger partial charge in [0.1, 0.15) is 12.1 Å². The lowest BCUT2D eigenvalue weighted by atomic mass is 10.0. The Morgan fingerprint density at radius 3 is 2.64 bits per heavy atom. The van der Waals surface area contributed by atoms with E-state index in [2.05, 4.69) is 9.97 Å². The van der Waals surface area contributed by atoms with Crippen LogP contribution in [0, 0.1) is 5.82 Å². The first-order valence-electron chi connectivity index (χ1n) is 8.14. The lowest BCUT2D eigenvalue weighted by molar-refractivity contribution is 0.0768. The number of hydrogen-bond donors (Lipinski definition) is 0. The molecular weight excluding hydrogens is 337 g/mol. The monoisotopic (exact) mass is 353 g/mol. The smallest absolute Gasteiger partial charge is 0.263 e. The fourth-order valence-corrected chi connectivity index (χ4v) is 3.83. The number of rotatable bonds is 2. The first-order valence-corrected chi connectivity index (χ1v) is 9.02. The lowest BCUT2D eigenvalue weighted by Gasteiger charge is -2.19. The number of carbonyl (C=O) groups excluding carboxylic acids is 1. The van der Waals surface area contributed by atoms with Crippen molar-refractivity contribution in [3.05, 3.63) is 70.1 Å². The largest absolute Gasteiger partial charge is 0.337 e. The van der Waals surface area contributed by atoms with Crippen molar-refractivity contribution in [3.8, 4) is 11.3 Å². The highest BCUT2D eigenvalue weighted by Crippen LogP contribution is 2.26. The van der Waals surface area contributed by atoms with Crippen LogP contribution < -0.4 is 0 Å². The summed E-state index contributed by atoms with van der Waals surface area (Å²) >= 11 is 1.46. The van der Waals surface area contributed by atoms with Gasteiger partial charge in [0.05, 0.1) is 10.6 Å². The highest BCUT2D eigenvalue weighted by atomic mass is 32.1. The van der Waals surface area contributed by atoms with Gasteiger partial charge in [0, 0.05) is 36.3 Å². The molecule has 0 saturated carbocycles. The highest BCUT2D eigenvalue weighted by molar-refractivity contribution is 7.12. The summed E-state index contributed by atoms with van der Waals surface area (Å²) in [4.78, 5) is 24.1. The fourth-order valence-electron chi connectivity index (χ4n) is 3.14. The van der Waals surface area contributed by atoms with E-state index in [1.165, 1.54) is 23.5 Å². The quantitative estimate of drug-likeness (QED) is 0.707. The van der Waals surface area contributed by atoms with E-state index >= 15 is 0 Å². The van der Waals surface area contributed by atoms with Crippen LogP contribution in [0.15, 0.2) is 48.1 Å². The van der Waals surface area contributed by atoms with Crippen LogP contribution in [0.3, 0.4) is 0 Å². The van der Waals surface area contributed by atoms with Gasteiger partial charge in [-0.05, 0) is 42.1 Å². The molecule has 2 aromatic heterocycles. The number of amides is 1. The molecule has 3 heterocycles. The van der Waals surface area contributed by atoms with Crippen molar-refractivity contribution in [2.75, 3.05) is 13.1 Å². The summed E-state index contributed by atoms with van der Waals surface area (Å²) in [6.45, 7) is 1.27. The van der Waals surface area contributed by atoms with Crippen molar-refractivity contribution in [2.24, 2.45) is 0 Å². The molecular formula is C19H16FN3OS. The second-order valence-corrected chi connectivity index (χ2v) is 6.87. The normalized spacial score (nSPS) is 14.0. The van der Waals surface area contributed by atoms with Crippen molar-refractivity contribution in [1.82, 2.24) is 14.9 Å². The molecule has 25 heavy (non-hydrogen) atoms. The fraction of sp³-hybridized carbons (Fsp3) is 0.211. The van der Waals surface area contributed by atoms with Gasteiger partial charge < -0.3 is 4.90 Å². The summed E-state index contributed by atoms with van der Waals surface area (Å²) in [5.74, 6) is -0.198. The van der Waals surface area contributed by atoms with Crippen LogP contribution in [-0.2, 0) is 12.8 Å². The molecule has 4 nitrogen and oxygen atoms in total. The van der Waals surface area contributed by atoms with Crippen LogP contribution in [0.5, 0.6) is 0 Å². The van der Waals surface area contributed by atoms with Crippen molar-refractivity contribution >= 4 is 17.2 Å². The van der Waals surface area contributed by atoms with Crippen LogP contribution in [0.1, 0.15) is 20.9 Å². The number of nitrogens with zero attached hydrogens (tertiary/aromatic N) is 3. The van der Waals surface area contributed by atoms with Crippen molar-refractivity contribution < 1.29 is 9.18 Å². The molecule has 0 atom stereocenters. The molecule has 0 spiro atoms. The SMILES string of the molecule is O=C(c1cccs1)N1CCc2ncnc(-c3ccc(F)cc3)c2CC1. The number of halogens is 1. The molecule has 0 unspecified atom stereocenters. The highest BCUT2D eigenvalue weighted by Gasteiger charge is 2.23. The third kappa shape index (κ3) is 3.17. The Labute approximate surface area is 149 Å². The number of benzene rings is 1. The van der Waals surface area contributed by atoms with E-state index in [9.17, 15) is 9.18 Å². The Bertz CT molecular complexity index is 894. The molecule has 126 valence electrons. The van der Waals surface area contributed by atoms with Gasteiger partial charge >= 0.3 is 0 Å². The van der Waals surface area contributed by atoms with Crippen LogP contribution in [-0.4, -0.2) is 33.9 Å². The Morgan fingerprint density at radius 1 is 1.08 bits per heavy atom. The van der Waals surface area contributed by atoms with E-state index in [0.717, 1.165) is 27.4 Å². The minimum Gasteiger partial charge on any atom is -0.337 e. The molecule has 0 bridgehead atoms. The molecule has 3 aromatic rings. The predicted octanol–water partition coefficient (Wildman–Crippen LogP) is 3.59. The number of fused-ring (bicyclic) bond motifs is 1. The average Bonchev–Trinajstić information content (AvgIpc) is 3.08. The van der Waals surface area contributed by atoms with Crippen molar-refractivity contribution in [1.29, 1.82) is 0 Å². The maximum absolute atomic E-state index is 13.2. The van der Waals surface area contributed by atoms with Gasteiger partial charge in [-0.3, -0.25) is 4.79 Å². The zero-order valence-corrected chi connectivity index (χ0v) is 14.3. The number of thiophene rings is 1. The van der Waals surface area contributed by atoms with Crippen molar-refractivity contribution in [3.63, 3.8) is 0 Å². The number of carbonyl (C=O) groups is 1. The van der Waals surface area contributed by atoms with E-state index in [4.69, 9.17) is 0 Å². The Hall–Kier alpha value is -2.60. The van der Waals surface area contributed by atoms with Gasteiger partial charge in [0.2, 0.25) is 0 Å². The van der Waals surface area contributed by atoms with Crippen LogP contribution in [0.25, 0.3) is 11.3 Å². The molecule has 0 N–H and O–H groups in total. The molecule has 0 radical (unpaired) electrons. The van der Waals surface area contributed by atoms with E-state index in [0.29, 0.717) is 25.9 Å². The minimum absolute atomic E-state index is 0.0686. The van der Waals surface area contributed by atoms with Crippen LogP contribution in [0.4, 0.5) is 4.39 Å². The van der Waals surface area contributed by atoms with E-state index in [1.54, 1.807) is 18.5 Å². The first kappa shape index (κ1) is 15.9. The molecule has 1 aliphatic heterocycles. The summed E-state index contributed by atoms with van der Waals surface area (Å²) < 4.78 is 13.2. The van der Waals surface area contributed by atoms with Gasteiger partial charge in [-0.15, -0.1) is 11.3 Å². The van der Waals surface area contributed by atoms with Crippen LogP contribution >= 0.6 is 11.3 Å². The zero-order valence-electron chi connectivity index (χ0n) is 13.5. The second kappa shape index (κ2) is 6.72. The molecule has 0 fully saturated rings. The Balaban J connectivity index is 1.62. The summed E-state index contributed by atoms with van der Waals surface area (Å²) in [6.07, 6.45) is 2.94. The van der Waals surface area contributed by atoms with Crippen molar-refractivity contribution in [2.45, 2.75) is 12.8 Å². The van der Waals surface area contributed by atoms with Crippen LogP contribution in [0.2, 0.25) is 0 Å². The molecule has 0 saturated heterocycles. The zero-order chi connectivity index (χ0) is 17.2. The summed E-state index contributed by atoms with van der Waals surface area (Å²) in [6, 6.07) is 10.1. The van der Waals surface area contributed by atoms with Gasteiger partial charge in [0.25, 0.3) is 5.91 Å². The maximum atomic E-state index is 13.2. The minimum atomic E-state index is -0.267. The average molecular weight is 353 g/mol. The molecule has 0 aliphatic carbocycles. The van der Waals surface area contributed by atoms with Gasteiger partial charge in [-0.25, -0.2) is 14.4 Å². The van der Waals surface area contributed by atoms with Gasteiger partial charge in [-0.2, -0.15) is 0 Å². The van der Waals surface area contributed by atoms with E-state index < -0.39 is 0 Å². The first-order chi connectivity index (χ1) is 12.2. The topological polar surface area (TPSA) is 46.1 Å². The standard InChI is InChI=1S/C19H16FN3OS/c20-14-5-3-13(4-6-14)18-15-7-9-23(10-8-16(15)21-12-22-18)19(24)17-2-1-11-25-17/h1-6,11-12H,7-10H2. The third-order valence-corrected chi connectivity index (χ3v) is 5.28. The maximum Gasteiger partial charge on any atom is 0.263 e. The second-order valence-electron chi connectivity index (χ2n) is 5.92. The van der Waals surface area contributed by atoms with E-state index in [1.807, 2.05) is 22.4 Å². The summed E-state index contributed by atoms with van der Waals surface area (Å²) in [5.41, 5.74) is 3.72. The molecule has 1 amide bonds. The number of aromatic nitrogens is 2. The van der Waals surface area contributed by atoms with Gasteiger partial charge in [0.15, 0.2) is 0 Å². The molecule has 1 aliphatic rings. The molecule has 6 heteroatoms. The number of hydrogen-bond acceptors (Lipinski definition) is 4. The predicted molar refractivity (Wildman–Crippen MR) is 95.1 cm³/mol.